The van der Waals surface area contributed by atoms with E-state index in [0.29, 0.717) is 29.3 Å². The first kappa shape index (κ1) is 11.8. The summed E-state index contributed by atoms with van der Waals surface area (Å²) in [6.45, 7) is 2.28. The van der Waals surface area contributed by atoms with E-state index in [2.05, 4.69) is 26.1 Å². The van der Waals surface area contributed by atoms with E-state index in [4.69, 9.17) is 9.63 Å². The lowest BCUT2D eigenvalue weighted by Gasteiger charge is -1.98. The molecule has 2 heterocycles. The molecule has 7 heteroatoms. The van der Waals surface area contributed by atoms with Gasteiger partial charge >= 0.3 is 5.97 Å². The van der Waals surface area contributed by atoms with E-state index in [9.17, 15) is 4.79 Å². The number of aromatic nitrogens is 3. The van der Waals surface area contributed by atoms with Crippen LogP contribution in [0.2, 0.25) is 0 Å². The molecule has 0 spiro atoms. The Bertz CT molecular complexity index is 547. The smallest absolute Gasteiger partial charge is 0.337 e. The topological polar surface area (TPSA) is 81.2 Å². The SMILES string of the molecule is CCc1noc(Cn2cc(C(=O)O)cc2Br)n1. The van der Waals surface area contributed by atoms with Crippen LogP contribution in [0.1, 0.15) is 29.0 Å². The lowest BCUT2D eigenvalue weighted by Crippen LogP contribution is -1.99. The van der Waals surface area contributed by atoms with Crippen LogP contribution in [-0.4, -0.2) is 25.8 Å². The van der Waals surface area contributed by atoms with Crippen LogP contribution in [0.5, 0.6) is 0 Å². The number of nitrogens with zero attached hydrogens (tertiary/aromatic N) is 3. The van der Waals surface area contributed by atoms with Crippen molar-refractivity contribution >= 4 is 21.9 Å². The van der Waals surface area contributed by atoms with Gasteiger partial charge in [0.1, 0.15) is 6.54 Å². The fourth-order valence-electron chi connectivity index (χ4n) is 1.36. The van der Waals surface area contributed by atoms with Crippen LogP contribution in [0, 0.1) is 0 Å². The van der Waals surface area contributed by atoms with Crippen molar-refractivity contribution in [2.24, 2.45) is 0 Å². The average molecular weight is 300 g/mol. The normalized spacial score (nSPS) is 10.7. The highest BCUT2D eigenvalue weighted by Crippen LogP contribution is 2.16. The van der Waals surface area contributed by atoms with Gasteiger partial charge in [-0.05, 0) is 22.0 Å². The molecule has 0 fully saturated rings. The first-order chi connectivity index (χ1) is 8.10. The first-order valence-corrected chi connectivity index (χ1v) is 5.80. The van der Waals surface area contributed by atoms with E-state index < -0.39 is 5.97 Å². The molecule has 90 valence electrons. The number of aromatic carboxylic acids is 1. The van der Waals surface area contributed by atoms with Gasteiger partial charge in [-0.15, -0.1) is 0 Å². The van der Waals surface area contributed by atoms with Gasteiger partial charge in [0.25, 0.3) is 0 Å². The Labute approximate surface area is 105 Å². The molecule has 0 saturated carbocycles. The molecule has 2 rings (SSSR count). The predicted octanol–water partition coefficient (Wildman–Crippen LogP) is 1.94. The van der Waals surface area contributed by atoms with E-state index in [-0.39, 0.29) is 5.56 Å². The highest BCUT2D eigenvalue weighted by Gasteiger charge is 2.12. The summed E-state index contributed by atoms with van der Waals surface area (Å²) in [5.41, 5.74) is 0.215. The van der Waals surface area contributed by atoms with Gasteiger partial charge in [-0.3, -0.25) is 0 Å². The zero-order valence-corrected chi connectivity index (χ0v) is 10.6. The van der Waals surface area contributed by atoms with Crippen LogP contribution in [0.25, 0.3) is 0 Å². The molecule has 0 radical (unpaired) electrons. The molecule has 0 unspecified atom stereocenters. The number of halogens is 1. The summed E-state index contributed by atoms with van der Waals surface area (Å²) in [5, 5.41) is 12.6. The molecule has 0 aliphatic heterocycles. The third-order valence-electron chi connectivity index (χ3n) is 2.22. The molecule has 6 nitrogen and oxygen atoms in total. The molecule has 0 aliphatic carbocycles. The fraction of sp³-hybridized carbons (Fsp3) is 0.300. The summed E-state index contributed by atoms with van der Waals surface area (Å²) in [5.74, 6) is 0.126. The van der Waals surface area contributed by atoms with Gasteiger partial charge in [0.15, 0.2) is 5.82 Å². The molecule has 1 N–H and O–H groups in total. The van der Waals surface area contributed by atoms with Crippen LogP contribution >= 0.6 is 15.9 Å². The van der Waals surface area contributed by atoms with Crippen molar-refractivity contribution in [3.05, 3.63) is 34.1 Å². The summed E-state index contributed by atoms with van der Waals surface area (Å²) in [7, 11) is 0. The van der Waals surface area contributed by atoms with Crippen molar-refractivity contribution in [1.82, 2.24) is 14.7 Å². The number of hydrogen-bond acceptors (Lipinski definition) is 4. The zero-order valence-electron chi connectivity index (χ0n) is 9.05. The maximum absolute atomic E-state index is 10.8. The minimum Gasteiger partial charge on any atom is -0.478 e. The molecular formula is C10H10BrN3O3. The summed E-state index contributed by atoms with van der Waals surface area (Å²) in [6, 6.07) is 1.53. The van der Waals surface area contributed by atoms with Crippen LogP contribution in [0.4, 0.5) is 0 Å². The van der Waals surface area contributed by atoms with E-state index in [1.54, 1.807) is 4.57 Å². The number of aryl methyl sites for hydroxylation is 1. The third kappa shape index (κ3) is 2.55. The molecule has 0 atom stereocenters. The Hall–Kier alpha value is -1.63. The number of rotatable bonds is 4. The number of hydrogen-bond donors (Lipinski definition) is 1. The van der Waals surface area contributed by atoms with Crippen molar-refractivity contribution in [2.75, 3.05) is 0 Å². The third-order valence-corrected chi connectivity index (χ3v) is 2.91. The monoisotopic (exact) mass is 299 g/mol. The molecule has 0 saturated heterocycles. The average Bonchev–Trinajstić information content (AvgIpc) is 2.87. The molecule has 0 bridgehead atoms. The Morgan fingerprint density at radius 2 is 2.41 bits per heavy atom. The second-order valence-corrected chi connectivity index (χ2v) is 4.25. The molecule has 2 aromatic heterocycles. The molecule has 0 aliphatic rings. The maximum atomic E-state index is 10.8. The number of carboxylic acids is 1. The first-order valence-electron chi connectivity index (χ1n) is 5.00. The van der Waals surface area contributed by atoms with Crippen molar-refractivity contribution in [1.29, 1.82) is 0 Å². The minimum atomic E-state index is -0.968. The van der Waals surface area contributed by atoms with E-state index in [1.807, 2.05) is 6.92 Å². The largest absolute Gasteiger partial charge is 0.478 e. The van der Waals surface area contributed by atoms with Crippen molar-refractivity contribution < 1.29 is 14.4 Å². The van der Waals surface area contributed by atoms with Crippen molar-refractivity contribution in [3.63, 3.8) is 0 Å². The maximum Gasteiger partial charge on any atom is 0.337 e. The van der Waals surface area contributed by atoms with Crippen LogP contribution < -0.4 is 0 Å². The summed E-state index contributed by atoms with van der Waals surface area (Å²) in [6.07, 6.45) is 2.22. The second-order valence-electron chi connectivity index (χ2n) is 3.44. The van der Waals surface area contributed by atoms with E-state index >= 15 is 0 Å². The summed E-state index contributed by atoms with van der Waals surface area (Å²) < 4.78 is 7.38. The molecule has 0 aromatic carbocycles. The van der Waals surface area contributed by atoms with Crippen LogP contribution in [-0.2, 0) is 13.0 Å². The number of carboxylic acid groups (broad SMARTS) is 1. The quantitative estimate of drug-likeness (QED) is 0.933. The van der Waals surface area contributed by atoms with Crippen LogP contribution in [0.3, 0.4) is 0 Å². The molecular weight excluding hydrogens is 290 g/mol. The van der Waals surface area contributed by atoms with Gasteiger partial charge in [-0.1, -0.05) is 12.1 Å². The lowest BCUT2D eigenvalue weighted by atomic mass is 10.4. The van der Waals surface area contributed by atoms with Crippen LogP contribution in [0.15, 0.2) is 21.4 Å². The van der Waals surface area contributed by atoms with Crippen molar-refractivity contribution in [3.8, 4) is 0 Å². The standard InChI is InChI=1S/C10H10BrN3O3/c1-2-8-12-9(17-13-8)5-14-4-6(10(15)16)3-7(14)11/h3-4H,2,5H2,1H3,(H,15,16). The highest BCUT2D eigenvalue weighted by molar-refractivity contribution is 9.10. The molecule has 0 amide bonds. The zero-order chi connectivity index (χ0) is 12.4. The fourth-order valence-corrected chi connectivity index (χ4v) is 1.83. The van der Waals surface area contributed by atoms with E-state index in [1.165, 1.54) is 12.3 Å². The Morgan fingerprint density at radius 3 is 2.94 bits per heavy atom. The Kier molecular flexibility index (Phi) is 3.28. The lowest BCUT2D eigenvalue weighted by molar-refractivity contribution is 0.0697. The Balaban J connectivity index is 2.20. The molecule has 2 aromatic rings. The van der Waals surface area contributed by atoms with Gasteiger partial charge in [0.05, 0.1) is 10.2 Å². The van der Waals surface area contributed by atoms with Gasteiger partial charge in [-0.2, -0.15) is 4.98 Å². The van der Waals surface area contributed by atoms with Gasteiger partial charge in [-0.25, -0.2) is 4.79 Å². The van der Waals surface area contributed by atoms with Gasteiger partial charge in [0, 0.05) is 12.6 Å². The van der Waals surface area contributed by atoms with Gasteiger partial charge in [0.2, 0.25) is 5.89 Å². The number of carbonyl (C=O) groups is 1. The second kappa shape index (κ2) is 4.70. The van der Waals surface area contributed by atoms with Crippen molar-refractivity contribution in [2.45, 2.75) is 19.9 Å². The van der Waals surface area contributed by atoms with Gasteiger partial charge < -0.3 is 14.2 Å². The van der Waals surface area contributed by atoms with E-state index in [0.717, 1.165) is 0 Å². The predicted molar refractivity (Wildman–Crippen MR) is 61.9 cm³/mol. The Morgan fingerprint density at radius 1 is 1.65 bits per heavy atom. The molecule has 17 heavy (non-hydrogen) atoms. The summed E-state index contributed by atoms with van der Waals surface area (Å²) >= 11 is 3.28. The minimum absolute atomic E-state index is 0.215. The highest BCUT2D eigenvalue weighted by atomic mass is 79.9. The summed E-state index contributed by atoms with van der Waals surface area (Å²) in [4.78, 5) is 14.9.